The van der Waals surface area contributed by atoms with Gasteiger partial charge in [-0.3, -0.25) is 81.9 Å². The summed E-state index contributed by atoms with van der Waals surface area (Å²) < 4.78 is 0. The summed E-state index contributed by atoms with van der Waals surface area (Å²) in [6.45, 7) is 5.57. The Morgan fingerprint density at radius 2 is 0.848 bits per heavy atom. The number of nitrogens with two attached hydrogens (primary N) is 5. The fourth-order valence-electron chi connectivity index (χ4n) is 16.4. The molecule has 10 rings (SSSR count). The Morgan fingerprint density at radius 3 is 1.24 bits per heavy atom. The van der Waals surface area contributed by atoms with Crippen LogP contribution in [0.2, 0.25) is 0 Å². The van der Waals surface area contributed by atoms with E-state index in [1.807, 2.05) is 104 Å². The standard InChI is InChI=1S/C45H62N10O7.C44H59N11O8/c1-3-4-17-34-41(59)54-36(25-31-27-50-33-18-9-8-16-32(31)33)39(57)26-30(15-10-22-49-45(46)47)40(58)48-21-11-19-35(44(62)55-23-12-20-38(55)43(61)52-34)53-42(60)37(51-28(2)56)24-29-13-6-5-7-14-29;1-26(56)51-35(22-27-10-3-2-4-11-27)41(61)53-33-15-8-19-48-39(59)28(12-7-20-49-44(46)47)24-37(57)34(23-29-25-50-31-14-6-5-13-30(29)31)54-40(60)32(17-18-38(45)58)52-42(62)36-16-9-21-55(36)43(33)63/h5-9,13-14,16,18,27,30,34-38,50H,3-4,10-12,15,17,19-26H2,1-2H3,(H,48,58)(H,51,56)(H,52,61)(H,53,60)(H,54,59)(H4,46,47,49);2-6,10-11,13-14,25,28,32-36,50H,7-9,12,15-24H2,1H3,(H2,45,58)(H,48,59)(H,51,56)(H,52,62)(H,53,61)(H,54,60)(H4,46,47,49)/t30-,34-,35+,36+,37+,38+;28-,32-,33+,34+,35+,36+/m11/s1. The van der Waals surface area contributed by atoms with Crippen molar-refractivity contribution in [2.45, 2.75) is 229 Å². The van der Waals surface area contributed by atoms with Crippen LogP contribution in [0.1, 0.15) is 165 Å². The maximum Gasteiger partial charge on any atom is 0.245 e. The van der Waals surface area contributed by atoms with Crippen molar-refractivity contribution in [3.8, 4) is 0 Å². The van der Waals surface area contributed by atoms with E-state index < -0.39 is 155 Å². The lowest BCUT2D eigenvalue weighted by atomic mass is 9.90. The first-order chi connectivity index (χ1) is 60.0. The van der Waals surface area contributed by atoms with Gasteiger partial charge in [0.2, 0.25) is 76.8 Å². The molecule has 4 aliphatic heterocycles. The van der Waals surface area contributed by atoms with Crippen molar-refractivity contribution >= 4 is 122 Å². The van der Waals surface area contributed by atoms with Crippen LogP contribution >= 0.6 is 0 Å². The van der Waals surface area contributed by atoms with E-state index in [-0.39, 0.29) is 160 Å². The normalized spacial score (nSPS) is 22.2. The van der Waals surface area contributed by atoms with Gasteiger partial charge in [-0.15, -0.1) is 0 Å². The molecule has 6 heterocycles. The highest BCUT2D eigenvalue weighted by Crippen LogP contribution is 2.28. The van der Waals surface area contributed by atoms with Crippen LogP contribution in [-0.4, -0.2) is 220 Å². The first kappa shape index (κ1) is 95.8. The molecule has 22 N–H and O–H groups in total. The van der Waals surface area contributed by atoms with E-state index in [0.717, 1.165) is 50.5 Å². The lowest BCUT2D eigenvalue weighted by Gasteiger charge is -2.31. The van der Waals surface area contributed by atoms with E-state index in [0.29, 0.717) is 38.5 Å². The number of para-hydroxylation sites is 2. The zero-order valence-corrected chi connectivity index (χ0v) is 71.3. The molecule has 13 amide bonds. The van der Waals surface area contributed by atoms with E-state index in [1.54, 1.807) is 24.5 Å². The molecule has 672 valence electrons. The van der Waals surface area contributed by atoms with Gasteiger partial charge in [-0.2, -0.15) is 0 Å². The molecule has 4 fully saturated rings. The van der Waals surface area contributed by atoms with Crippen molar-refractivity contribution < 1.29 is 71.9 Å². The van der Waals surface area contributed by atoms with Gasteiger partial charge in [-0.1, -0.05) is 117 Å². The molecule has 0 bridgehead atoms. The molecule has 36 nitrogen and oxygen atoms in total. The number of primary amides is 1. The fourth-order valence-corrected chi connectivity index (χ4v) is 16.4. The molecular formula is C89H121N21O15. The Morgan fingerprint density at radius 1 is 0.456 bits per heavy atom. The molecule has 0 radical (unpaired) electrons. The number of unbranched alkanes of at least 4 members (excludes halogenated alkanes) is 1. The van der Waals surface area contributed by atoms with E-state index >= 15 is 0 Å². The molecule has 0 aliphatic carbocycles. The predicted octanol–water partition coefficient (Wildman–Crippen LogP) is 1.34. The maximum absolute atomic E-state index is 14.5. The zero-order chi connectivity index (χ0) is 90.1. The van der Waals surface area contributed by atoms with Crippen LogP contribution in [0.3, 0.4) is 0 Å². The number of aromatic nitrogens is 2. The minimum absolute atomic E-state index is 0.0399. The van der Waals surface area contributed by atoms with Gasteiger partial charge < -0.3 is 102 Å². The number of rotatable bonds is 28. The van der Waals surface area contributed by atoms with Gasteiger partial charge in [0.1, 0.15) is 48.3 Å². The Hall–Kier alpha value is -13.1. The SMILES string of the molecule is CC(=O)N[C@@H](Cc1ccccc1)C(=O)N[C@H]1CCCNC(=O)[C@H](CCCN=C(N)N)CC(=O)[C@H](Cc2c[nH]c3ccccc23)NC(=O)[C@@H](CCC(N)=O)NC(=O)[C@@H]2CCCN2C1=O.CCCC[C@H]1NC(=O)[C@@H]2CCCN2C(=O)[C@@H](NC(=O)[C@H](Cc2ccccc2)NC(C)=O)CCCNC(=O)[C@H](CCCN=C(N)N)CC(=O)[C@H](Cc2c[nH]c3ccccc23)NC1=O. The highest BCUT2D eigenvalue weighted by atomic mass is 16.2. The Kier molecular flexibility index (Phi) is 36.9. The number of H-pyrrole nitrogens is 2. The molecule has 6 aromatic rings. The van der Waals surface area contributed by atoms with Crippen molar-refractivity contribution in [1.82, 2.24) is 72.9 Å². The minimum atomic E-state index is -1.34. The molecule has 0 spiro atoms. The molecule has 2 aromatic heterocycles. The van der Waals surface area contributed by atoms with E-state index in [2.05, 4.69) is 73.1 Å². The molecule has 36 heteroatoms. The van der Waals surface area contributed by atoms with Gasteiger partial charge in [-0.05, 0) is 124 Å². The third kappa shape index (κ3) is 29.3. The number of carbonyl (C=O) groups excluding carboxylic acids is 15. The van der Waals surface area contributed by atoms with E-state index in [4.69, 9.17) is 28.7 Å². The second-order valence-electron chi connectivity index (χ2n) is 32.4. The van der Waals surface area contributed by atoms with Gasteiger partial charge in [-0.25, -0.2) is 0 Å². The minimum Gasteiger partial charge on any atom is -0.370 e. The largest absolute Gasteiger partial charge is 0.370 e. The average Bonchev–Trinajstić information content (AvgIpc) is 1.72. The number of amides is 13. The molecule has 12 atom stereocenters. The van der Waals surface area contributed by atoms with Crippen LogP contribution in [0.15, 0.2) is 132 Å². The van der Waals surface area contributed by atoms with E-state index in [1.165, 1.54) is 23.6 Å². The number of nitrogens with one attached hydrogen (secondary N) is 12. The fraction of sp³-hybridized carbons (Fsp3) is 0.494. The number of ketones is 2. The third-order valence-electron chi connectivity index (χ3n) is 22.8. The average molecular weight is 1730 g/mol. The molecule has 4 aromatic carbocycles. The molecular weight excluding hydrogens is 1600 g/mol. The number of hydrogen-bond donors (Lipinski definition) is 17. The summed E-state index contributed by atoms with van der Waals surface area (Å²) in [5.41, 5.74) is 32.4. The lowest BCUT2D eigenvalue weighted by Crippen LogP contribution is -2.59. The van der Waals surface area contributed by atoms with Crippen LogP contribution in [0.5, 0.6) is 0 Å². The second kappa shape index (κ2) is 48.1. The summed E-state index contributed by atoms with van der Waals surface area (Å²) in [7, 11) is 0. The Labute approximate surface area is 726 Å². The third-order valence-corrected chi connectivity index (χ3v) is 22.8. The van der Waals surface area contributed by atoms with Crippen molar-refractivity contribution in [1.29, 1.82) is 0 Å². The second-order valence-corrected chi connectivity index (χ2v) is 32.4. The highest BCUT2D eigenvalue weighted by molar-refractivity contribution is 6.01. The number of benzene rings is 4. The zero-order valence-electron chi connectivity index (χ0n) is 71.3. The van der Waals surface area contributed by atoms with Gasteiger partial charge in [0.25, 0.3) is 0 Å². The molecule has 0 unspecified atom stereocenters. The topological polar surface area (TPSA) is 569 Å². The van der Waals surface area contributed by atoms with Gasteiger partial charge >= 0.3 is 0 Å². The number of carbonyl (C=O) groups is 15. The molecule has 125 heavy (non-hydrogen) atoms. The first-order valence-electron chi connectivity index (χ1n) is 43.2. The maximum atomic E-state index is 14.5. The summed E-state index contributed by atoms with van der Waals surface area (Å²) in [5, 5.41) is 29.9. The number of aliphatic imine (C=N–C) groups is 2. The molecule has 4 aliphatic rings. The summed E-state index contributed by atoms with van der Waals surface area (Å²) >= 11 is 0. The number of aromatic amines is 2. The van der Waals surface area contributed by atoms with Crippen molar-refractivity contribution in [3.05, 3.63) is 144 Å². The number of hydrogen-bond acceptors (Lipinski definition) is 17. The van der Waals surface area contributed by atoms with Gasteiger partial charge in [0.05, 0.1) is 12.1 Å². The smallest absolute Gasteiger partial charge is 0.245 e. The number of nitrogens with zero attached hydrogens (tertiary/aromatic N) is 4. The van der Waals surface area contributed by atoms with Crippen LogP contribution < -0.4 is 81.8 Å². The Balaban J connectivity index is 0.000000283. The molecule has 0 saturated carbocycles. The highest BCUT2D eigenvalue weighted by Gasteiger charge is 2.43. The summed E-state index contributed by atoms with van der Waals surface area (Å²) in [6.07, 6.45) is 8.01. The monoisotopic (exact) mass is 1720 g/mol. The number of Topliss-reactive ketones (excluding diaryl/α,β-unsaturated/α-hetero) is 2. The van der Waals surface area contributed by atoms with Crippen LogP contribution in [0, 0.1) is 11.8 Å². The predicted molar refractivity (Wildman–Crippen MR) is 469 cm³/mol. The summed E-state index contributed by atoms with van der Waals surface area (Å²) in [6, 6.07) is 22.4. The number of fused-ring (bicyclic) bond motifs is 4. The van der Waals surface area contributed by atoms with Crippen LogP contribution in [-0.2, 0) is 97.6 Å². The lowest BCUT2D eigenvalue weighted by molar-refractivity contribution is -0.142. The van der Waals surface area contributed by atoms with Gasteiger partial charge in [0, 0.05) is 144 Å². The quantitative estimate of drug-likeness (QED) is 0.0187. The van der Waals surface area contributed by atoms with Crippen molar-refractivity contribution in [2.24, 2.45) is 50.5 Å². The van der Waals surface area contributed by atoms with Crippen molar-refractivity contribution in [3.63, 3.8) is 0 Å². The first-order valence-corrected chi connectivity index (χ1v) is 43.2. The summed E-state index contributed by atoms with van der Waals surface area (Å²) in [5.74, 6) is -9.88. The summed E-state index contributed by atoms with van der Waals surface area (Å²) in [4.78, 5) is 224. The van der Waals surface area contributed by atoms with Crippen LogP contribution in [0.4, 0.5) is 0 Å². The van der Waals surface area contributed by atoms with Crippen molar-refractivity contribution in [2.75, 3.05) is 39.3 Å². The number of guanidine groups is 2. The Bertz CT molecular complexity index is 4810. The van der Waals surface area contributed by atoms with Crippen LogP contribution in [0.25, 0.3) is 21.8 Å². The molecule has 4 saturated heterocycles. The van der Waals surface area contributed by atoms with E-state index in [9.17, 15) is 71.9 Å². The van der Waals surface area contributed by atoms with Gasteiger partial charge in [0.15, 0.2) is 23.5 Å².